The lowest BCUT2D eigenvalue weighted by Crippen LogP contribution is -2.49. The highest BCUT2D eigenvalue weighted by molar-refractivity contribution is 7.85. The van der Waals surface area contributed by atoms with Gasteiger partial charge < -0.3 is 13.3 Å². The fourth-order valence-corrected chi connectivity index (χ4v) is 5.37. The molecular formula is C16H28O6SSi. The first kappa shape index (κ1) is 21.3. The second-order valence-corrected chi connectivity index (χ2v) is 9.69. The molecule has 0 heterocycles. The van der Waals surface area contributed by atoms with Crippen LogP contribution in [0.3, 0.4) is 0 Å². The van der Waals surface area contributed by atoms with Gasteiger partial charge in [-0.25, -0.2) is 0 Å². The van der Waals surface area contributed by atoms with Crippen molar-refractivity contribution in [3.8, 4) is 0 Å². The standard InChI is InChI=1S/C16H28O6SSi/c1-3-11-20-24(21-12-4-2,15-16-9-6-5-7-10-16)22-13-8-14-23(17,18)19/h5-7,9-10H,3-4,8,11-15H2,1-2H3,(H,17,18,19). The van der Waals surface area contributed by atoms with E-state index in [0.29, 0.717) is 19.3 Å². The average Bonchev–Trinajstić information content (AvgIpc) is 2.55. The van der Waals surface area contributed by atoms with Crippen LogP contribution in [0.1, 0.15) is 38.7 Å². The van der Waals surface area contributed by atoms with E-state index < -0.39 is 18.9 Å². The van der Waals surface area contributed by atoms with Crippen LogP contribution in [0, 0.1) is 0 Å². The molecule has 1 rings (SSSR count). The van der Waals surface area contributed by atoms with E-state index in [-0.39, 0.29) is 18.8 Å². The maximum absolute atomic E-state index is 10.8. The van der Waals surface area contributed by atoms with Gasteiger partial charge in [-0.1, -0.05) is 44.2 Å². The Bertz CT molecular complexity index is 541. The van der Waals surface area contributed by atoms with Gasteiger partial charge in [0.05, 0.1) is 5.75 Å². The highest BCUT2D eigenvalue weighted by Gasteiger charge is 2.41. The van der Waals surface area contributed by atoms with Gasteiger partial charge in [-0.2, -0.15) is 8.42 Å². The van der Waals surface area contributed by atoms with Crippen LogP contribution in [0.15, 0.2) is 30.3 Å². The normalized spacial score (nSPS) is 12.5. The van der Waals surface area contributed by atoms with E-state index in [1.54, 1.807) is 0 Å². The van der Waals surface area contributed by atoms with Gasteiger partial charge in [0.15, 0.2) is 0 Å². The number of benzene rings is 1. The topological polar surface area (TPSA) is 82.1 Å². The third kappa shape index (κ3) is 8.91. The van der Waals surface area contributed by atoms with Crippen molar-refractivity contribution < 1.29 is 26.2 Å². The van der Waals surface area contributed by atoms with Gasteiger partial charge in [0.1, 0.15) is 0 Å². The van der Waals surface area contributed by atoms with E-state index in [1.807, 2.05) is 44.2 Å². The van der Waals surface area contributed by atoms with Crippen LogP contribution in [0.25, 0.3) is 0 Å². The molecule has 24 heavy (non-hydrogen) atoms. The monoisotopic (exact) mass is 376 g/mol. The number of rotatable bonds is 13. The van der Waals surface area contributed by atoms with E-state index in [2.05, 4.69) is 0 Å². The third-order valence-electron chi connectivity index (χ3n) is 3.18. The zero-order chi connectivity index (χ0) is 17.9. The Hall–Kier alpha value is -0.773. The van der Waals surface area contributed by atoms with Crippen LogP contribution in [0.5, 0.6) is 0 Å². The molecule has 0 aliphatic rings. The minimum absolute atomic E-state index is 0.173. The Morgan fingerprint density at radius 1 is 0.958 bits per heavy atom. The summed E-state index contributed by atoms with van der Waals surface area (Å²) >= 11 is 0. The molecule has 0 saturated carbocycles. The molecule has 0 spiro atoms. The zero-order valence-electron chi connectivity index (χ0n) is 14.4. The summed E-state index contributed by atoms with van der Waals surface area (Å²) in [6, 6.07) is 10.4. The Balaban J connectivity index is 2.79. The summed E-state index contributed by atoms with van der Waals surface area (Å²) < 4.78 is 48.5. The van der Waals surface area contributed by atoms with Gasteiger partial charge in [0, 0.05) is 25.9 Å². The Kier molecular flexibility index (Phi) is 9.71. The molecule has 0 atom stereocenters. The van der Waals surface area contributed by atoms with E-state index in [0.717, 1.165) is 18.4 Å². The van der Waals surface area contributed by atoms with Crippen molar-refractivity contribution in [2.75, 3.05) is 25.6 Å². The highest BCUT2D eigenvalue weighted by Crippen LogP contribution is 2.18. The summed E-state index contributed by atoms with van der Waals surface area (Å²) in [4.78, 5) is 0. The van der Waals surface area contributed by atoms with Gasteiger partial charge in [0.25, 0.3) is 10.1 Å². The SMILES string of the molecule is CCCO[Si](Cc1ccccc1)(OCCC)OCCCS(=O)(=O)O. The van der Waals surface area contributed by atoms with Crippen molar-refractivity contribution in [1.82, 2.24) is 0 Å². The maximum Gasteiger partial charge on any atom is 0.505 e. The van der Waals surface area contributed by atoms with Crippen LogP contribution in [0.2, 0.25) is 0 Å². The van der Waals surface area contributed by atoms with Gasteiger partial charge in [-0.3, -0.25) is 4.55 Å². The molecule has 6 nitrogen and oxygen atoms in total. The van der Waals surface area contributed by atoms with Crippen molar-refractivity contribution in [3.63, 3.8) is 0 Å². The first-order valence-corrected chi connectivity index (χ1v) is 11.9. The van der Waals surface area contributed by atoms with Crippen molar-refractivity contribution in [2.24, 2.45) is 0 Å². The summed E-state index contributed by atoms with van der Waals surface area (Å²) in [6.07, 6.45) is 1.88. The third-order valence-corrected chi connectivity index (χ3v) is 6.76. The minimum atomic E-state index is -3.98. The summed E-state index contributed by atoms with van der Waals surface area (Å²) in [7, 11) is -6.93. The second kappa shape index (κ2) is 11.0. The van der Waals surface area contributed by atoms with E-state index in [1.165, 1.54) is 0 Å². The number of hydrogen-bond donors (Lipinski definition) is 1. The maximum atomic E-state index is 10.8. The van der Waals surface area contributed by atoms with E-state index in [4.69, 9.17) is 17.8 Å². The molecule has 0 aliphatic heterocycles. The molecule has 0 saturated heterocycles. The molecule has 0 unspecified atom stereocenters. The average molecular weight is 377 g/mol. The van der Waals surface area contributed by atoms with Crippen LogP contribution in [-0.2, 0) is 29.4 Å². The molecule has 1 aromatic rings. The predicted octanol–water partition coefficient (Wildman–Crippen LogP) is 2.85. The zero-order valence-corrected chi connectivity index (χ0v) is 16.3. The first-order valence-electron chi connectivity index (χ1n) is 8.31. The number of hydrogen-bond acceptors (Lipinski definition) is 5. The fraction of sp³-hybridized carbons (Fsp3) is 0.625. The van der Waals surface area contributed by atoms with Gasteiger partial charge in [-0.05, 0) is 24.8 Å². The molecule has 138 valence electrons. The quantitative estimate of drug-likeness (QED) is 0.324. The van der Waals surface area contributed by atoms with Crippen LogP contribution in [0.4, 0.5) is 0 Å². The van der Waals surface area contributed by atoms with Crippen molar-refractivity contribution in [1.29, 1.82) is 0 Å². The molecule has 0 aliphatic carbocycles. The molecule has 1 N–H and O–H groups in total. The van der Waals surface area contributed by atoms with Crippen molar-refractivity contribution >= 4 is 18.9 Å². The summed E-state index contributed by atoms with van der Waals surface area (Å²) in [5.41, 5.74) is 1.06. The fourth-order valence-electron chi connectivity index (χ4n) is 2.11. The highest BCUT2D eigenvalue weighted by atomic mass is 32.2. The predicted molar refractivity (Wildman–Crippen MR) is 95.4 cm³/mol. The second-order valence-electron chi connectivity index (χ2n) is 5.53. The Labute approximate surface area is 146 Å². The lowest BCUT2D eigenvalue weighted by Gasteiger charge is -2.30. The van der Waals surface area contributed by atoms with E-state index in [9.17, 15) is 8.42 Å². The minimum Gasteiger partial charge on any atom is -0.373 e. The van der Waals surface area contributed by atoms with Crippen LogP contribution in [-0.4, -0.2) is 47.3 Å². The summed E-state index contributed by atoms with van der Waals surface area (Å²) in [5.74, 6) is -0.329. The molecule has 0 amide bonds. The first-order chi connectivity index (χ1) is 11.4. The smallest absolute Gasteiger partial charge is 0.373 e. The lowest BCUT2D eigenvalue weighted by atomic mass is 10.2. The van der Waals surface area contributed by atoms with Gasteiger partial charge in [-0.15, -0.1) is 0 Å². The molecule has 0 bridgehead atoms. The van der Waals surface area contributed by atoms with Crippen LogP contribution >= 0.6 is 0 Å². The molecule has 8 heteroatoms. The lowest BCUT2D eigenvalue weighted by molar-refractivity contribution is 0.0583. The van der Waals surface area contributed by atoms with Crippen LogP contribution < -0.4 is 0 Å². The molecule has 0 fully saturated rings. The van der Waals surface area contributed by atoms with Gasteiger partial charge in [0.2, 0.25) is 0 Å². The summed E-state index contributed by atoms with van der Waals surface area (Å²) in [6.45, 7) is 5.26. The van der Waals surface area contributed by atoms with Gasteiger partial charge >= 0.3 is 8.80 Å². The Morgan fingerprint density at radius 2 is 1.50 bits per heavy atom. The summed E-state index contributed by atoms with van der Waals surface area (Å²) in [5, 5.41) is 0. The van der Waals surface area contributed by atoms with E-state index >= 15 is 0 Å². The molecular weight excluding hydrogens is 348 g/mol. The molecule has 1 aromatic carbocycles. The van der Waals surface area contributed by atoms with Crippen molar-refractivity contribution in [2.45, 2.75) is 39.2 Å². The molecule has 0 radical (unpaired) electrons. The molecule has 0 aromatic heterocycles. The Morgan fingerprint density at radius 3 is 2.00 bits per heavy atom. The largest absolute Gasteiger partial charge is 0.505 e. The van der Waals surface area contributed by atoms with Crippen molar-refractivity contribution in [3.05, 3.63) is 35.9 Å².